The molecule has 10 heavy (non-hydrogen) atoms. The molecule has 0 unspecified atom stereocenters. The normalized spacial score (nSPS) is 53.5. The van der Waals surface area contributed by atoms with Crippen LogP contribution in [0.4, 0.5) is 0 Å². The van der Waals surface area contributed by atoms with Gasteiger partial charge in [-0.25, -0.2) is 0 Å². The van der Waals surface area contributed by atoms with Crippen LogP contribution >= 0.6 is 0 Å². The molecule has 0 amide bonds. The minimum Gasteiger partial charge on any atom is -0.384 e. The van der Waals surface area contributed by atoms with Gasteiger partial charge in [0.2, 0.25) is 0 Å². The molecule has 2 saturated carbocycles. The van der Waals surface area contributed by atoms with Crippen molar-refractivity contribution in [1.82, 2.24) is 0 Å². The van der Waals surface area contributed by atoms with Crippen molar-refractivity contribution in [3.63, 3.8) is 0 Å². The summed E-state index contributed by atoms with van der Waals surface area (Å²) in [6.07, 6.45) is 5.76. The van der Waals surface area contributed by atoms with E-state index in [1.165, 1.54) is 12.8 Å². The fourth-order valence-electron chi connectivity index (χ4n) is 2.52. The molecule has 1 heteroatoms. The highest BCUT2D eigenvalue weighted by Crippen LogP contribution is 2.53. The molecule has 0 atom stereocenters. The van der Waals surface area contributed by atoms with Crippen LogP contribution in [0.25, 0.3) is 0 Å². The van der Waals surface area contributed by atoms with Crippen LogP contribution in [0.1, 0.15) is 33.5 Å². The number of hydrogen-bond acceptors (Lipinski definition) is 1. The summed E-state index contributed by atoms with van der Waals surface area (Å²) in [7, 11) is 1.77. The van der Waals surface area contributed by atoms with E-state index in [9.17, 15) is 0 Å². The van der Waals surface area contributed by atoms with E-state index in [1.807, 2.05) is 0 Å². The third kappa shape index (κ3) is 0.878. The Bertz CT molecular complexity index is 153. The van der Waals surface area contributed by atoms with Crippen molar-refractivity contribution < 1.29 is 6.11 Å². The molecule has 0 heterocycles. The molecule has 2 fully saturated rings. The van der Waals surface area contributed by atoms with Gasteiger partial charge >= 0.3 is 0 Å². The van der Waals surface area contributed by atoms with Gasteiger partial charge in [-0.1, -0.05) is 0 Å². The zero-order chi connectivity index (χ0) is 7.95. The first-order chi connectivity index (χ1) is 5.18. The highest BCUT2D eigenvalue weighted by Gasteiger charge is 2.44. The fraction of sp³-hybridized carbons (Fsp3) is 1.00. The summed E-state index contributed by atoms with van der Waals surface area (Å²) in [6, 6.07) is 0. The number of ether oxygens (including phenoxy) is 1. The lowest BCUT2D eigenvalue weighted by Crippen LogP contribution is -2.20. The molecule has 0 saturated heterocycles. The monoisotopic (exact) mass is 141 g/mol. The first kappa shape index (κ1) is 5.59. The zero-order valence-corrected chi connectivity index (χ0v) is 6.65. The third-order valence-corrected chi connectivity index (χ3v) is 3.09. The Morgan fingerprint density at radius 1 is 1.60 bits per heavy atom. The molecule has 0 aromatic rings. The SMILES string of the molecule is [2H]C12CCC(COC)(CC1)C2. The number of methoxy groups -OCH3 is 1. The summed E-state index contributed by atoms with van der Waals surface area (Å²) in [5.41, 5.74) is 0.413. The van der Waals surface area contributed by atoms with Gasteiger partial charge in [0.15, 0.2) is 0 Å². The molecule has 1 nitrogen and oxygen atoms in total. The average molecular weight is 141 g/mol. The van der Waals surface area contributed by atoms with Gasteiger partial charge in [-0.2, -0.15) is 0 Å². The highest BCUT2D eigenvalue weighted by molar-refractivity contribution is 4.95. The van der Waals surface area contributed by atoms with Crippen LogP contribution in [-0.4, -0.2) is 13.7 Å². The summed E-state index contributed by atoms with van der Waals surface area (Å²) in [4.78, 5) is 0. The largest absolute Gasteiger partial charge is 0.384 e. The molecule has 58 valence electrons. The van der Waals surface area contributed by atoms with Crippen molar-refractivity contribution in [1.29, 1.82) is 0 Å². The smallest absolute Gasteiger partial charge is 0.0518 e. The Kier molecular flexibility index (Phi) is 1.25. The van der Waals surface area contributed by atoms with Crippen molar-refractivity contribution in [3.8, 4) is 0 Å². The van der Waals surface area contributed by atoms with Crippen LogP contribution in [0, 0.1) is 11.3 Å². The standard InChI is InChI=1S/C9H16O/c1-10-7-9-4-2-8(6-9)3-5-9/h8H,2-7H2,1H3/i8D. The number of fused-ring (bicyclic) bond motifs is 2. The second-order valence-corrected chi connectivity index (χ2v) is 3.86. The van der Waals surface area contributed by atoms with Crippen molar-refractivity contribution in [2.75, 3.05) is 13.7 Å². The van der Waals surface area contributed by atoms with Crippen LogP contribution < -0.4 is 0 Å². The first-order valence-electron chi connectivity index (χ1n) is 4.67. The van der Waals surface area contributed by atoms with Crippen LogP contribution in [-0.2, 0) is 4.74 Å². The summed E-state index contributed by atoms with van der Waals surface area (Å²) >= 11 is 0. The third-order valence-electron chi connectivity index (χ3n) is 3.09. The first-order valence-corrected chi connectivity index (χ1v) is 4.17. The van der Waals surface area contributed by atoms with Gasteiger partial charge in [0, 0.05) is 8.48 Å². The maximum absolute atomic E-state index is 8.02. The maximum atomic E-state index is 8.02. The van der Waals surface area contributed by atoms with Gasteiger partial charge in [-0.3, -0.25) is 0 Å². The van der Waals surface area contributed by atoms with E-state index in [-0.39, 0.29) is 5.89 Å². The summed E-state index contributed by atoms with van der Waals surface area (Å²) in [5.74, 6) is -0.0570. The van der Waals surface area contributed by atoms with E-state index < -0.39 is 0 Å². The van der Waals surface area contributed by atoms with E-state index in [1.54, 1.807) is 7.11 Å². The number of rotatable bonds is 2. The minimum absolute atomic E-state index is 0.0570. The molecule has 0 aliphatic heterocycles. The van der Waals surface area contributed by atoms with Crippen molar-refractivity contribution in [3.05, 3.63) is 0 Å². The number of hydrogen-bond donors (Lipinski definition) is 0. The predicted molar refractivity (Wildman–Crippen MR) is 40.9 cm³/mol. The Hall–Kier alpha value is -0.0400. The van der Waals surface area contributed by atoms with E-state index >= 15 is 0 Å². The van der Waals surface area contributed by atoms with Gasteiger partial charge in [-0.15, -0.1) is 0 Å². The maximum Gasteiger partial charge on any atom is 0.0518 e. The van der Waals surface area contributed by atoms with Gasteiger partial charge in [0.25, 0.3) is 0 Å². The fourth-order valence-corrected chi connectivity index (χ4v) is 2.52. The topological polar surface area (TPSA) is 9.23 Å². The molecule has 0 aromatic carbocycles. The van der Waals surface area contributed by atoms with Gasteiger partial charge < -0.3 is 4.74 Å². The van der Waals surface area contributed by atoms with Crippen LogP contribution in [0.3, 0.4) is 0 Å². The molecule has 2 rings (SSSR count). The zero-order valence-electron chi connectivity index (χ0n) is 7.65. The molecule has 0 N–H and O–H groups in total. The second-order valence-electron chi connectivity index (χ2n) is 3.86. The van der Waals surface area contributed by atoms with E-state index in [2.05, 4.69) is 0 Å². The Morgan fingerprint density at radius 3 is 2.70 bits per heavy atom. The molecule has 2 bridgehead atoms. The molecule has 0 radical (unpaired) electrons. The van der Waals surface area contributed by atoms with Crippen molar-refractivity contribution in [2.24, 2.45) is 11.3 Å². The summed E-state index contributed by atoms with van der Waals surface area (Å²) < 4.78 is 13.2. The Labute approximate surface area is 64.2 Å². The van der Waals surface area contributed by atoms with Crippen molar-refractivity contribution in [2.45, 2.75) is 32.1 Å². The second kappa shape index (κ2) is 2.23. The minimum atomic E-state index is -0.0570. The summed E-state index contributed by atoms with van der Waals surface area (Å²) in [5, 5.41) is 0. The molecule has 0 spiro atoms. The van der Waals surface area contributed by atoms with E-state index in [0.717, 1.165) is 25.9 Å². The van der Waals surface area contributed by atoms with Crippen LogP contribution in [0.5, 0.6) is 0 Å². The molecular weight excluding hydrogens is 124 g/mol. The van der Waals surface area contributed by atoms with Crippen LogP contribution in [0.15, 0.2) is 0 Å². The summed E-state index contributed by atoms with van der Waals surface area (Å²) in [6.45, 7) is 0.883. The Morgan fingerprint density at radius 2 is 2.30 bits per heavy atom. The molecular formula is C9H16O. The average Bonchev–Trinajstić information content (AvgIpc) is 2.42. The predicted octanol–water partition coefficient (Wildman–Crippen LogP) is 2.21. The Balaban J connectivity index is 2.08. The van der Waals surface area contributed by atoms with Gasteiger partial charge in [-0.05, 0) is 43.4 Å². The highest BCUT2D eigenvalue weighted by atomic mass is 16.5. The lowest BCUT2D eigenvalue weighted by atomic mass is 9.85. The molecule has 2 aliphatic rings. The van der Waals surface area contributed by atoms with Crippen molar-refractivity contribution >= 4 is 0 Å². The van der Waals surface area contributed by atoms with Gasteiger partial charge in [0.05, 0.1) is 6.61 Å². The van der Waals surface area contributed by atoms with E-state index in [0.29, 0.717) is 5.41 Å². The quantitative estimate of drug-likeness (QED) is 0.573. The molecule has 0 aromatic heterocycles. The van der Waals surface area contributed by atoms with Crippen LogP contribution in [0.2, 0.25) is 0 Å². The lowest BCUT2D eigenvalue weighted by Gasteiger charge is -2.24. The molecule has 2 aliphatic carbocycles. The van der Waals surface area contributed by atoms with Gasteiger partial charge in [0.1, 0.15) is 0 Å². The van der Waals surface area contributed by atoms with E-state index in [4.69, 9.17) is 6.11 Å². The lowest BCUT2D eigenvalue weighted by molar-refractivity contribution is 0.0860.